The number of carbonyl (C=O) groups excluding carboxylic acids is 1. The molecule has 0 spiro atoms. The van der Waals surface area contributed by atoms with E-state index in [4.69, 9.17) is 0 Å². The largest absolute Gasteiger partial charge is 0.322 e. The number of nitrogens with one attached hydrogen (secondary N) is 1. The molecule has 0 bridgehead atoms. The van der Waals surface area contributed by atoms with Crippen LogP contribution in [0.25, 0.3) is 0 Å². The average Bonchev–Trinajstić information content (AvgIpc) is 2.61. The van der Waals surface area contributed by atoms with Gasteiger partial charge in [-0.05, 0) is 73.8 Å². The molecule has 7 heteroatoms. The molecule has 1 aliphatic heterocycles. The number of urea groups is 1. The molecule has 2 aromatic rings. The van der Waals surface area contributed by atoms with E-state index in [0.717, 1.165) is 28.6 Å². The Morgan fingerprint density at radius 2 is 1.68 bits per heavy atom. The van der Waals surface area contributed by atoms with Crippen molar-refractivity contribution >= 4 is 43.6 Å². The monoisotopic (exact) mass is 469 g/mol. The van der Waals surface area contributed by atoms with Crippen LogP contribution in [0.1, 0.15) is 5.56 Å². The van der Waals surface area contributed by atoms with E-state index >= 15 is 0 Å². The fourth-order valence-corrected chi connectivity index (χ4v) is 3.41. The number of anilines is 1. The van der Waals surface area contributed by atoms with Crippen molar-refractivity contribution in [2.45, 2.75) is 6.54 Å². The number of amides is 2. The smallest absolute Gasteiger partial charge is 0.321 e. The number of halogens is 3. The van der Waals surface area contributed by atoms with Crippen molar-refractivity contribution in [2.75, 3.05) is 31.5 Å². The SMILES string of the molecule is O=C(Nc1ccc(F)cc1)N1CCN(Cc2ccc(Br)c(Br)c2)CC1. The van der Waals surface area contributed by atoms with Crippen molar-refractivity contribution in [1.29, 1.82) is 0 Å². The van der Waals surface area contributed by atoms with Gasteiger partial charge in [-0.2, -0.15) is 0 Å². The lowest BCUT2D eigenvalue weighted by Gasteiger charge is -2.34. The van der Waals surface area contributed by atoms with Gasteiger partial charge in [-0.15, -0.1) is 0 Å². The lowest BCUT2D eigenvalue weighted by molar-refractivity contribution is 0.143. The van der Waals surface area contributed by atoms with Gasteiger partial charge in [-0.3, -0.25) is 4.90 Å². The maximum absolute atomic E-state index is 12.9. The summed E-state index contributed by atoms with van der Waals surface area (Å²) in [5.41, 5.74) is 1.84. The number of benzene rings is 2. The van der Waals surface area contributed by atoms with E-state index < -0.39 is 0 Å². The molecule has 25 heavy (non-hydrogen) atoms. The van der Waals surface area contributed by atoms with Crippen LogP contribution >= 0.6 is 31.9 Å². The highest BCUT2D eigenvalue weighted by molar-refractivity contribution is 9.13. The zero-order chi connectivity index (χ0) is 17.8. The standard InChI is InChI=1S/C18H18Br2FN3O/c19-16-6-1-13(11-17(16)20)12-23-7-9-24(10-8-23)18(25)22-15-4-2-14(21)3-5-15/h1-6,11H,7-10,12H2,(H,22,25). The molecule has 0 radical (unpaired) electrons. The molecule has 132 valence electrons. The summed E-state index contributed by atoms with van der Waals surface area (Å²) in [6.45, 7) is 3.85. The number of hydrogen-bond acceptors (Lipinski definition) is 2. The van der Waals surface area contributed by atoms with Gasteiger partial charge in [0.05, 0.1) is 0 Å². The Hall–Kier alpha value is -1.44. The lowest BCUT2D eigenvalue weighted by atomic mass is 10.2. The second-order valence-corrected chi connectivity index (χ2v) is 7.66. The molecule has 1 N–H and O–H groups in total. The Kier molecular flexibility index (Phi) is 6.09. The quantitative estimate of drug-likeness (QED) is 0.705. The highest BCUT2D eigenvalue weighted by atomic mass is 79.9. The summed E-state index contributed by atoms with van der Waals surface area (Å²) in [7, 11) is 0. The maximum Gasteiger partial charge on any atom is 0.321 e. The summed E-state index contributed by atoms with van der Waals surface area (Å²) in [5.74, 6) is -0.314. The predicted octanol–water partition coefficient (Wildman–Crippen LogP) is 4.70. The van der Waals surface area contributed by atoms with Crippen LogP contribution in [-0.4, -0.2) is 42.0 Å². The molecule has 0 unspecified atom stereocenters. The first-order chi connectivity index (χ1) is 12.0. The van der Waals surface area contributed by atoms with Crippen molar-refractivity contribution in [3.8, 4) is 0 Å². The van der Waals surface area contributed by atoms with Gasteiger partial charge in [0.2, 0.25) is 0 Å². The minimum Gasteiger partial charge on any atom is -0.322 e. The summed E-state index contributed by atoms with van der Waals surface area (Å²) < 4.78 is 15.0. The normalized spacial score (nSPS) is 15.2. The van der Waals surface area contributed by atoms with Crippen molar-refractivity contribution < 1.29 is 9.18 Å². The van der Waals surface area contributed by atoms with Crippen LogP contribution in [0.3, 0.4) is 0 Å². The average molecular weight is 471 g/mol. The van der Waals surface area contributed by atoms with Crippen LogP contribution < -0.4 is 5.32 Å². The molecule has 0 aromatic heterocycles. The Morgan fingerprint density at radius 1 is 1.00 bits per heavy atom. The van der Waals surface area contributed by atoms with E-state index in [1.807, 2.05) is 6.07 Å². The topological polar surface area (TPSA) is 35.6 Å². The Labute approximate surface area is 163 Å². The number of nitrogens with zero attached hydrogens (tertiary/aromatic N) is 2. The molecule has 0 saturated carbocycles. The van der Waals surface area contributed by atoms with Crippen molar-refractivity contribution in [2.24, 2.45) is 0 Å². The van der Waals surface area contributed by atoms with E-state index in [-0.39, 0.29) is 11.8 Å². The summed E-state index contributed by atoms with van der Waals surface area (Å²) in [4.78, 5) is 16.4. The van der Waals surface area contributed by atoms with Gasteiger partial charge in [0, 0.05) is 47.4 Å². The third kappa shape index (κ3) is 5.03. The van der Waals surface area contributed by atoms with Crippen molar-refractivity contribution in [3.63, 3.8) is 0 Å². The van der Waals surface area contributed by atoms with Crippen LogP contribution in [-0.2, 0) is 6.54 Å². The second-order valence-electron chi connectivity index (χ2n) is 5.95. The molecule has 1 aliphatic rings. The van der Waals surface area contributed by atoms with E-state index in [9.17, 15) is 9.18 Å². The molecule has 1 fully saturated rings. The molecule has 0 atom stereocenters. The highest BCUT2D eigenvalue weighted by Crippen LogP contribution is 2.24. The third-order valence-electron chi connectivity index (χ3n) is 4.15. The molecule has 2 amide bonds. The van der Waals surface area contributed by atoms with Gasteiger partial charge in [0.1, 0.15) is 5.82 Å². The third-order valence-corrected chi connectivity index (χ3v) is 6.02. The summed E-state index contributed by atoms with van der Waals surface area (Å²) >= 11 is 7.00. The van der Waals surface area contributed by atoms with Crippen LogP contribution in [0.2, 0.25) is 0 Å². The summed E-state index contributed by atoms with van der Waals surface area (Å²) in [6, 6.07) is 11.9. The van der Waals surface area contributed by atoms with Gasteiger partial charge in [0.25, 0.3) is 0 Å². The van der Waals surface area contributed by atoms with Crippen LogP contribution in [0.15, 0.2) is 51.4 Å². The molecular formula is C18H18Br2FN3O. The van der Waals surface area contributed by atoms with E-state index in [2.05, 4.69) is 54.2 Å². The molecule has 2 aromatic carbocycles. The first-order valence-electron chi connectivity index (χ1n) is 7.99. The van der Waals surface area contributed by atoms with Crippen LogP contribution in [0.5, 0.6) is 0 Å². The highest BCUT2D eigenvalue weighted by Gasteiger charge is 2.21. The minimum atomic E-state index is -0.314. The number of carbonyl (C=O) groups is 1. The van der Waals surface area contributed by atoms with E-state index in [1.54, 1.807) is 17.0 Å². The summed E-state index contributed by atoms with van der Waals surface area (Å²) in [5, 5.41) is 2.81. The molecule has 0 aliphatic carbocycles. The van der Waals surface area contributed by atoms with Gasteiger partial charge < -0.3 is 10.2 Å². The molecule has 1 saturated heterocycles. The second kappa shape index (κ2) is 8.29. The summed E-state index contributed by atoms with van der Waals surface area (Å²) in [6.07, 6.45) is 0. The van der Waals surface area contributed by atoms with Crippen molar-refractivity contribution in [1.82, 2.24) is 9.80 Å². The Bertz CT molecular complexity index is 746. The molecule has 1 heterocycles. The van der Waals surface area contributed by atoms with Gasteiger partial charge in [0.15, 0.2) is 0 Å². The lowest BCUT2D eigenvalue weighted by Crippen LogP contribution is -2.49. The Balaban J connectivity index is 1.50. The zero-order valence-electron chi connectivity index (χ0n) is 13.5. The maximum atomic E-state index is 12.9. The zero-order valence-corrected chi connectivity index (χ0v) is 16.7. The molecule has 3 rings (SSSR count). The first kappa shape index (κ1) is 18.4. The van der Waals surface area contributed by atoms with Gasteiger partial charge >= 0.3 is 6.03 Å². The minimum absolute atomic E-state index is 0.141. The molecule has 4 nitrogen and oxygen atoms in total. The fraction of sp³-hybridized carbons (Fsp3) is 0.278. The fourth-order valence-electron chi connectivity index (χ4n) is 2.74. The number of piperazine rings is 1. The Morgan fingerprint density at radius 3 is 2.32 bits per heavy atom. The number of rotatable bonds is 3. The van der Waals surface area contributed by atoms with Crippen molar-refractivity contribution in [3.05, 3.63) is 62.8 Å². The molecular weight excluding hydrogens is 453 g/mol. The number of hydrogen-bond donors (Lipinski definition) is 1. The predicted molar refractivity (Wildman–Crippen MR) is 104 cm³/mol. The van der Waals surface area contributed by atoms with Gasteiger partial charge in [-0.25, -0.2) is 9.18 Å². The first-order valence-corrected chi connectivity index (χ1v) is 9.57. The van der Waals surface area contributed by atoms with E-state index in [0.29, 0.717) is 18.8 Å². The van der Waals surface area contributed by atoms with E-state index in [1.165, 1.54) is 17.7 Å². The van der Waals surface area contributed by atoms with Crippen LogP contribution in [0, 0.1) is 5.82 Å². The van der Waals surface area contributed by atoms with Crippen LogP contribution in [0.4, 0.5) is 14.9 Å². The van der Waals surface area contributed by atoms with Gasteiger partial charge in [-0.1, -0.05) is 6.07 Å².